The molecule has 0 unspecified atom stereocenters. The number of hydrogen-bond acceptors (Lipinski definition) is 3. The Balaban J connectivity index is 1.76. The van der Waals surface area contributed by atoms with E-state index in [-0.39, 0.29) is 5.91 Å². The quantitative estimate of drug-likeness (QED) is 0.910. The molecule has 3 rings (SSSR count). The number of fused-ring (bicyclic) bond motifs is 1. The van der Waals surface area contributed by atoms with Crippen LogP contribution in [0.4, 0.5) is 5.69 Å². The van der Waals surface area contributed by atoms with Crippen molar-refractivity contribution in [3.05, 3.63) is 58.7 Å². The lowest BCUT2D eigenvalue weighted by atomic mass is 10.1. The van der Waals surface area contributed by atoms with E-state index in [0.717, 1.165) is 30.1 Å². The molecular formula is C18H20N2O2. The van der Waals surface area contributed by atoms with Crippen LogP contribution < -0.4 is 15.4 Å². The lowest BCUT2D eigenvalue weighted by Crippen LogP contribution is -2.13. The van der Waals surface area contributed by atoms with Gasteiger partial charge in [0, 0.05) is 24.3 Å². The van der Waals surface area contributed by atoms with E-state index < -0.39 is 0 Å². The first-order valence-electron chi connectivity index (χ1n) is 7.54. The number of nitrogens with one attached hydrogen (secondary N) is 2. The highest BCUT2D eigenvalue weighted by Crippen LogP contribution is 2.23. The monoisotopic (exact) mass is 296 g/mol. The molecule has 2 aromatic carbocycles. The number of carbonyl (C=O) groups excluding carboxylic acids is 1. The highest BCUT2D eigenvalue weighted by atomic mass is 16.5. The van der Waals surface area contributed by atoms with E-state index in [2.05, 4.69) is 10.6 Å². The Morgan fingerprint density at radius 2 is 2.00 bits per heavy atom. The summed E-state index contributed by atoms with van der Waals surface area (Å²) in [6.07, 6.45) is 0. The standard InChI is InChI=1S/C18H20N2O2/c1-3-22-16-6-7-17(12(2)8-16)20-18(21)13-4-5-14-10-19-11-15(14)9-13/h4-9,19H,3,10-11H2,1-2H3,(H,20,21). The summed E-state index contributed by atoms with van der Waals surface area (Å²) < 4.78 is 5.46. The van der Waals surface area contributed by atoms with Crippen molar-refractivity contribution in [2.24, 2.45) is 0 Å². The largest absolute Gasteiger partial charge is 0.494 e. The maximum absolute atomic E-state index is 12.4. The zero-order valence-electron chi connectivity index (χ0n) is 12.9. The number of ether oxygens (including phenoxy) is 1. The van der Waals surface area contributed by atoms with Crippen LogP contribution in [0.25, 0.3) is 0 Å². The zero-order chi connectivity index (χ0) is 15.5. The van der Waals surface area contributed by atoms with Crippen LogP contribution in [0.2, 0.25) is 0 Å². The molecule has 0 aliphatic carbocycles. The van der Waals surface area contributed by atoms with Gasteiger partial charge in [-0.2, -0.15) is 0 Å². The minimum Gasteiger partial charge on any atom is -0.494 e. The minimum absolute atomic E-state index is 0.0815. The predicted molar refractivity (Wildman–Crippen MR) is 87.3 cm³/mol. The van der Waals surface area contributed by atoms with Crippen molar-refractivity contribution in [2.45, 2.75) is 26.9 Å². The maximum atomic E-state index is 12.4. The van der Waals surface area contributed by atoms with E-state index in [1.807, 2.05) is 50.2 Å². The van der Waals surface area contributed by atoms with E-state index in [1.54, 1.807) is 0 Å². The van der Waals surface area contributed by atoms with Crippen LogP contribution in [-0.2, 0) is 13.1 Å². The van der Waals surface area contributed by atoms with Crippen LogP contribution in [0.1, 0.15) is 34.0 Å². The number of carbonyl (C=O) groups is 1. The highest BCUT2D eigenvalue weighted by molar-refractivity contribution is 6.04. The van der Waals surface area contributed by atoms with Crippen molar-refractivity contribution in [2.75, 3.05) is 11.9 Å². The molecule has 0 bridgehead atoms. The van der Waals surface area contributed by atoms with Gasteiger partial charge in [0.05, 0.1) is 6.61 Å². The molecule has 0 fully saturated rings. The average molecular weight is 296 g/mol. The normalized spacial score (nSPS) is 12.8. The molecule has 0 spiro atoms. The first-order valence-corrected chi connectivity index (χ1v) is 7.54. The lowest BCUT2D eigenvalue weighted by molar-refractivity contribution is 0.102. The molecule has 0 aromatic heterocycles. The molecule has 0 atom stereocenters. The van der Waals surface area contributed by atoms with Gasteiger partial charge in [0.15, 0.2) is 0 Å². The third-order valence-electron chi connectivity index (χ3n) is 3.86. The van der Waals surface area contributed by atoms with Gasteiger partial charge in [-0.15, -0.1) is 0 Å². The lowest BCUT2D eigenvalue weighted by Gasteiger charge is -2.11. The smallest absolute Gasteiger partial charge is 0.255 e. The predicted octanol–water partition coefficient (Wildman–Crippen LogP) is 3.25. The molecule has 0 saturated carbocycles. The van der Waals surface area contributed by atoms with Gasteiger partial charge in [0.1, 0.15) is 5.75 Å². The number of aryl methyl sites for hydroxylation is 1. The SMILES string of the molecule is CCOc1ccc(NC(=O)c2ccc3c(c2)CNC3)c(C)c1. The molecule has 1 amide bonds. The molecule has 0 saturated heterocycles. The summed E-state index contributed by atoms with van der Waals surface area (Å²) in [4.78, 5) is 12.4. The van der Waals surface area contributed by atoms with E-state index in [0.29, 0.717) is 12.2 Å². The van der Waals surface area contributed by atoms with Crippen LogP contribution in [0.15, 0.2) is 36.4 Å². The van der Waals surface area contributed by atoms with E-state index in [1.165, 1.54) is 11.1 Å². The number of rotatable bonds is 4. The van der Waals surface area contributed by atoms with Crippen molar-refractivity contribution in [3.8, 4) is 5.75 Å². The summed E-state index contributed by atoms with van der Waals surface area (Å²) in [5.41, 5.74) is 4.97. The van der Waals surface area contributed by atoms with Crippen molar-refractivity contribution in [1.29, 1.82) is 0 Å². The minimum atomic E-state index is -0.0815. The molecule has 114 valence electrons. The molecule has 2 aromatic rings. The van der Waals surface area contributed by atoms with Gasteiger partial charge in [0.2, 0.25) is 0 Å². The number of hydrogen-bond donors (Lipinski definition) is 2. The number of anilines is 1. The van der Waals surface area contributed by atoms with Crippen molar-refractivity contribution < 1.29 is 9.53 Å². The first kappa shape index (κ1) is 14.6. The van der Waals surface area contributed by atoms with Crippen LogP contribution in [-0.4, -0.2) is 12.5 Å². The van der Waals surface area contributed by atoms with Crippen LogP contribution >= 0.6 is 0 Å². The summed E-state index contributed by atoms with van der Waals surface area (Å²) in [6, 6.07) is 11.6. The fourth-order valence-corrected chi connectivity index (χ4v) is 2.66. The molecular weight excluding hydrogens is 276 g/mol. The van der Waals surface area contributed by atoms with Gasteiger partial charge in [-0.1, -0.05) is 6.07 Å². The molecule has 1 aliphatic heterocycles. The fraction of sp³-hybridized carbons (Fsp3) is 0.278. The second kappa shape index (κ2) is 6.20. The van der Waals surface area contributed by atoms with E-state index in [9.17, 15) is 4.79 Å². The Hall–Kier alpha value is -2.33. The Bertz CT molecular complexity index is 710. The number of amides is 1. The third kappa shape index (κ3) is 2.97. The summed E-state index contributed by atoms with van der Waals surface area (Å²) >= 11 is 0. The Morgan fingerprint density at radius 1 is 1.18 bits per heavy atom. The molecule has 4 nitrogen and oxygen atoms in total. The zero-order valence-corrected chi connectivity index (χ0v) is 12.9. The maximum Gasteiger partial charge on any atom is 0.255 e. The van der Waals surface area contributed by atoms with Gasteiger partial charge >= 0.3 is 0 Å². The van der Waals surface area contributed by atoms with Gasteiger partial charge in [-0.05, 0) is 60.9 Å². The van der Waals surface area contributed by atoms with Gasteiger partial charge in [-0.3, -0.25) is 4.79 Å². The summed E-state index contributed by atoms with van der Waals surface area (Å²) in [5, 5.41) is 6.26. The number of benzene rings is 2. The summed E-state index contributed by atoms with van der Waals surface area (Å²) in [6.45, 7) is 6.26. The highest BCUT2D eigenvalue weighted by Gasteiger charge is 2.14. The fourth-order valence-electron chi connectivity index (χ4n) is 2.66. The summed E-state index contributed by atoms with van der Waals surface area (Å²) in [5.74, 6) is 0.739. The average Bonchev–Trinajstić information content (AvgIpc) is 2.97. The first-order chi connectivity index (χ1) is 10.7. The molecule has 22 heavy (non-hydrogen) atoms. The van der Waals surface area contributed by atoms with Crippen molar-refractivity contribution in [3.63, 3.8) is 0 Å². The molecule has 0 radical (unpaired) electrons. The molecule has 4 heteroatoms. The Kier molecular flexibility index (Phi) is 4.11. The van der Waals surface area contributed by atoms with E-state index in [4.69, 9.17) is 4.74 Å². The van der Waals surface area contributed by atoms with E-state index >= 15 is 0 Å². The van der Waals surface area contributed by atoms with Crippen molar-refractivity contribution in [1.82, 2.24) is 5.32 Å². The topological polar surface area (TPSA) is 50.4 Å². The van der Waals surface area contributed by atoms with Gasteiger partial charge in [0.25, 0.3) is 5.91 Å². The molecule has 1 heterocycles. The van der Waals surface area contributed by atoms with Gasteiger partial charge in [-0.25, -0.2) is 0 Å². The Morgan fingerprint density at radius 3 is 2.77 bits per heavy atom. The van der Waals surface area contributed by atoms with Crippen LogP contribution in [0.5, 0.6) is 5.75 Å². The second-order valence-electron chi connectivity index (χ2n) is 5.45. The van der Waals surface area contributed by atoms with Crippen LogP contribution in [0, 0.1) is 6.92 Å². The Labute approximate surface area is 130 Å². The van der Waals surface area contributed by atoms with Crippen LogP contribution in [0.3, 0.4) is 0 Å². The molecule has 2 N–H and O–H groups in total. The second-order valence-corrected chi connectivity index (χ2v) is 5.45. The summed E-state index contributed by atoms with van der Waals surface area (Å²) in [7, 11) is 0. The van der Waals surface area contributed by atoms with Gasteiger partial charge < -0.3 is 15.4 Å². The molecule has 1 aliphatic rings. The third-order valence-corrected chi connectivity index (χ3v) is 3.86. The van der Waals surface area contributed by atoms with Crippen molar-refractivity contribution >= 4 is 11.6 Å².